The lowest BCUT2D eigenvalue weighted by Crippen LogP contribution is -2.46. The second-order valence-electron chi connectivity index (χ2n) is 6.19. The first-order valence-corrected chi connectivity index (χ1v) is 9.84. The molecule has 0 bridgehead atoms. The summed E-state index contributed by atoms with van der Waals surface area (Å²) in [6.07, 6.45) is 5.12. The number of hydrogen-bond donors (Lipinski definition) is 1. The molecule has 7 nitrogen and oxygen atoms in total. The third kappa shape index (κ3) is 4.09. The first-order valence-electron chi connectivity index (χ1n) is 8.40. The monoisotopic (exact) mass is 364 g/mol. The Bertz CT molecular complexity index is 784. The summed E-state index contributed by atoms with van der Waals surface area (Å²) in [6.45, 7) is 2.80. The van der Waals surface area contributed by atoms with Crippen molar-refractivity contribution in [2.24, 2.45) is 0 Å². The van der Waals surface area contributed by atoms with Crippen LogP contribution in [0.2, 0.25) is 0 Å². The van der Waals surface area contributed by atoms with Crippen molar-refractivity contribution in [1.82, 2.24) is 18.8 Å². The van der Waals surface area contributed by atoms with Crippen LogP contribution in [0.4, 0.5) is 0 Å². The number of nitrogens with one attached hydrogen (secondary N) is 1. The molecule has 0 radical (unpaired) electrons. The summed E-state index contributed by atoms with van der Waals surface area (Å²) in [6, 6.07) is 9.13. The minimum atomic E-state index is -3.55. The van der Waals surface area contributed by atoms with Crippen molar-refractivity contribution in [1.29, 1.82) is 0 Å². The van der Waals surface area contributed by atoms with E-state index in [-0.39, 0.29) is 12.1 Å². The van der Waals surface area contributed by atoms with E-state index in [0.29, 0.717) is 13.1 Å². The van der Waals surface area contributed by atoms with Crippen molar-refractivity contribution in [3.8, 4) is 5.69 Å². The molecule has 1 N–H and O–H groups in total. The molecule has 2 aromatic rings. The summed E-state index contributed by atoms with van der Waals surface area (Å²) >= 11 is 0. The maximum absolute atomic E-state index is 12.7. The summed E-state index contributed by atoms with van der Waals surface area (Å²) in [5.74, 6) is 0. The van der Waals surface area contributed by atoms with Crippen LogP contribution in [-0.2, 0) is 14.9 Å². The fourth-order valence-corrected chi connectivity index (χ4v) is 4.56. The van der Waals surface area contributed by atoms with E-state index < -0.39 is 10.2 Å². The maximum atomic E-state index is 12.7. The highest BCUT2D eigenvalue weighted by molar-refractivity contribution is 7.87. The molecule has 1 aliphatic heterocycles. The molecular formula is C17H24N4O3S. The van der Waals surface area contributed by atoms with Crippen LogP contribution in [-0.4, -0.2) is 48.8 Å². The molecule has 8 heteroatoms. The van der Waals surface area contributed by atoms with E-state index in [2.05, 4.69) is 9.82 Å². The van der Waals surface area contributed by atoms with Gasteiger partial charge in [-0.05, 0) is 37.5 Å². The molecule has 1 unspecified atom stereocenters. The summed E-state index contributed by atoms with van der Waals surface area (Å²) < 4.78 is 36.8. The number of methoxy groups -OCH3 is 1. The molecule has 1 aromatic heterocycles. The predicted molar refractivity (Wildman–Crippen MR) is 95.6 cm³/mol. The SMILES string of the molecule is COC1CCN(S(=O)(=O)NC(C)c2ccccc2-n2cccn2)CC1. The van der Waals surface area contributed by atoms with Crippen molar-refractivity contribution in [3.63, 3.8) is 0 Å². The van der Waals surface area contributed by atoms with E-state index >= 15 is 0 Å². The van der Waals surface area contributed by atoms with Crippen molar-refractivity contribution >= 4 is 10.2 Å². The van der Waals surface area contributed by atoms with Crippen LogP contribution in [0.25, 0.3) is 5.69 Å². The average Bonchev–Trinajstić information content (AvgIpc) is 3.16. The van der Waals surface area contributed by atoms with E-state index in [1.165, 1.54) is 4.31 Å². The third-order valence-electron chi connectivity index (χ3n) is 4.55. The predicted octanol–water partition coefficient (Wildman–Crippen LogP) is 1.88. The molecule has 0 amide bonds. The Kier molecular flexibility index (Phi) is 5.53. The summed E-state index contributed by atoms with van der Waals surface area (Å²) in [4.78, 5) is 0. The average molecular weight is 364 g/mol. The first-order chi connectivity index (χ1) is 12.0. The van der Waals surface area contributed by atoms with Crippen LogP contribution in [0.1, 0.15) is 31.4 Å². The number of para-hydroxylation sites is 1. The normalized spacial score (nSPS) is 18.3. The molecule has 3 rings (SSSR count). The molecule has 136 valence electrons. The Morgan fingerprint density at radius 2 is 1.96 bits per heavy atom. The molecule has 25 heavy (non-hydrogen) atoms. The maximum Gasteiger partial charge on any atom is 0.280 e. The topological polar surface area (TPSA) is 76.5 Å². The van der Waals surface area contributed by atoms with Gasteiger partial charge in [-0.1, -0.05) is 18.2 Å². The number of aromatic nitrogens is 2. The molecule has 1 aliphatic rings. The van der Waals surface area contributed by atoms with Crippen molar-refractivity contribution in [2.75, 3.05) is 20.2 Å². The van der Waals surface area contributed by atoms with Gasteiger partial charge in [0.25, 0.3) is 10.2 Å². The van der Waals surface area contributed by atoms with Gasteiger partial charge in [0.05, 0.1) is 11.8 Å². The Labute approximate surface area is 148 Å². The van der Waals surface area contributed by atoms with E-state index in [1.807, 2.05) is 43.5 Å². The second kappa shape index (κ2) is 7.65. The van der Waals surface area contributed by atoms with Crippen LogP contribution < -0.4 is 4.72 Å². The van der Waals surface area contributed by atoms with Gasteiger partial charge in [-0.2, -0.15) is 22.5 Å². The number of benzene rings is 1. The Balaban J connectivity index is 1.75. The van der Waals surface area contributed by atoms with E-state index in [0.717, 1.165) is 24.1 Å². The van der Waals surface area contributed by atoms with E-state index in [4.69, 9.17) is 4.74 Å². The highest BCUT2D eigenvalue weighted by Crippen LogP contribution is 2.23. The fourth-order valence-electron chi connectivity index (χ4n) is 3.14. The molecule has 2 heterocycles. The van der Waals surface area contributed by atoms with Crippen LogP contribution in [0.3, 0.4) is 0 Å². The minimum absolute atomic E-state index is 0.143. The minimum Gasteiger partial charge on any atom is -0.381 e. The Morgan fingerprint density at radius 3 is 2.60 bits per heavy atom. The number of ether oxygens (including phenoxy) is 1. The lowest BCUT2D eigenvalue weighted by molar-refractivity contribution is 0.0601. The van der Waals surface area contributed by atoms with Crippen molar-refractivity contribution < 1.29 is 13.2 Å². The van der Waals surface area contributed by atoms with E-state index in [9.17, 15) is 8.42 Å². The zero-order valence-corrected chi connectivity index (χ0v) is 15.3. The van der Waals surface area contributed by atoms with Gasteiger partial charge >= 0.3 is 0 Å². The van der Waals surface area contributed by atoms with Crippen LogP contribution in [0.15, 0.2) is 42.7 Å². The van der Waals surface area contributed by atoms with Crippen LogP contribution in [0, 0.1) is 0 Å². The lowest BCUT2D eigenvalue weighted by Gasteiger charge is -2.31. The van der Waals surface area contributed by atoms with E-state index in [1.54, 1.807) is 18.0 Å². The first kappa shape index (κ1) is 18.1. The van der Waals surface area contributed by atoms with Gasteiger partial charge in [-0.25, -0.2) is 4.68 Å². The Morgan fingerprint density at radius 1 is 1.24 bits per heavy atom. The zero-order valence-electron chi connectivity index (χ0n) is 14.5. The zero-order chi connectivity index (χ0) is 17.9. The highest BCUT2D eigenvalue weighted by Gasteiger charge is 2.29. The lowest BCUT2D eigenvalue weighted by atomic mass is 10.1. The third-order valence-corrected chi connectivity index (χ3v) is 6.25. The quantitative estimate of drug-likeness (QED) is 0.849. The molecule has 0 aliphatic carbocycles. The van der Waals surface area contributed by atoms with Crippen LogP contribution in [0.5, 0.6) is 0 Å². The smallest absolute Gasteiger partial charge is 0.280 e. The molecule has 0 saturated carbocycles. The second-order valence-corrected chi connectivity index (χ2v) is 7.89. The van der Waals surface area contributed by atoms with Gasteiger partial charge < -0.3 is 4.74 Å². The highest BCUT2D eigenvalue weighted by atomic mass is 32.2. The molecule has 1 fully saturated rings. The number of piperidine rings is 1. The van der Waals surface area contributed by atoms with Gasteiger partial charge in [0.2, 0.25) is 0 Å². The van der Waals surface area contributed by atoms with Gasteiger partial charge in [0, 0.05) is 38.6 Å². The van der Waals surface area contributed by atoms with Gasteiger partial charge in [-0.3, -0.25) is 0 Å². The van der Waals surface area contributed by atoms with Crippen molar-refractivity contribution in [3.05, 3.63) is 48.3 Å². The number of nitrogens with zero attached hydrogens (tertiary/aromatic N) is 3. The van der Waals surface area contributed by atoms with Gasteiger partial charge in [0.1, 0.15) is 0 Å². The molecular weight excluding hydrogens is 340 g/mol. The molecule has 1 atom stereocenters. The summed E-state index contributed by atoms with van der Waals surface area (Å²) in [5.41, 5.74) is 1.74. The summed E-state index contributed by atoms with van der Waals surface area (Å²) in [7, 11) is -1.88. The standard InChI is InChI=1S/C17H24N4O3S/c1-14(16-6-3-4-7-17(16)21-11-5-10-18-21)19-25(22,23)20-12-8-15(24-2)9-13-20/h3-7,10-11,14-15,19H,8-9,12-13H2,1-2H3. The summed E-state index contributed by atoms with van der Waals surface area (Å²) in [5, 5.41) is 4.25. The van der Waals surface area contributed by atoms with Crippen molar-refractivity contribution in [2.45, 2.75) is 31.9 Å². The molecule has 0 spiro atoms. The van der Waals surface area contributed by atoms with Gasteiger partial charge in [0.15, 0.2) is 0 Å². The number of hydrogen-bond acceptors (Lipinski definition) is 4. The fraction of sp³-hybridized carbons (Fsp3) is 0.471. The largest absolute Gasteiger partial charge is 0.381 e. The Hall–Kier alpha value is -1.74. The number of rotatable bonds is 6. The molecule has 1 saturated heterocycles. The van der Waals surface area contributed by atoms with Crippen LogP contribution >= 0.6 is 0 Å². The molecule has 1 aromatic carbocycles. The van der Waals surface area contributed by atoms with Gasteiger partial charge in [-0.15, -0.1) is 0 Å².